The fourth-order valence-electron chi connectivity index (χ4n) is 1.94. The average molecular weight is 305 g/mol. The van der Waals surface area contributed by atoms with Crippen LogP contribution in [0.5, 0.6) is 0 Å². The fourth-order valence-corrected chi connectivity index (χ4v) is 2.12. The summed E-state index contributed by atoms with van der Waals surface area (Å²) in [4.78, 5) is 22.6. The lowest BCUT2D eigenvalue weighted by molar-refractivity contribution is -0.385. The SMILES string of the molecule is Cc1c(C(=O)Nc2ccc(CCl)cc2)cccc1[N+](=O)[O-]. The lowest BCUT2D eigenvalue weighted by Gasteiger charge is -2.08. The van der Waals surface area contributed by atoms with E-state index in [-0.39, 0.29) is 17.2 Å². The highest BCUT2D eigenvalue weighted by Gasteiger charge is 2.17. The summed E-state index contributed by atoms with van der Waals surface area (Å²) in [6.07, 6.45) is 0. The third-order valence-electron chi connectivity index (χ3n) is 3.11. The van der Waals surface area contributed by atoms with Crippen LogP contribution in [0, 0.1) is 17.0 Å². The molecule has 0 spiro atoms. The van der Waals surface area contributed by atoms with Crippen LogP contribution in [-0.4, -0.2) is 10.8 Å². The number of rotatable bonds is 4. The number of benzene rings is 2. The summed E-state index contributed by atoms with van der Waals surface area (Å²) in [7, 11) is 0. The number of nitrogens with one attached hydrogen (secondary N) is 1. The summed E-state index contributed by atoms with van der Waals surface area (Å²) in [6, 6.07) is 11.5. The molecule has 0 aromatic heterocycles. The molecule has 0 heterocycles. The van der Waals surface area contributed by atoms with Crippen molar-refractivity contribution in [3.05, 3.63) is 69.3 Å². The highest BCUT2D eigenvalue weighted by Crippen LogP contribution is 2.22. The van der Waals surface area contributed by atoms with Gasteiger partial charge in [0.1, 0.15) is 0 Å². The summed E-state index contributed by atoms with van der Waals surface area (Å²) >= 11 is 5.70. The second kappa shape index (κ2) is 6.37. The van der Waals surface area contributed by atoms with Crippen molar-refractivity contribution in [2.45, 2.75) is 12.8 Å². The number of nitrogens with zero attached hydrogens (tertiary/aromatic N) is 1. The Morgan fingerprint density at radius 2 is 1.90 bits per heavy atom. The molecule has 2 rings (SSSR count). The van der Waals surface area contributed by atoms with Crippen LogP contribution in [0.2, 0.25) is 0 Å². The van der Waals surface area contributed by atoms with Crippen molar-refractivity contribution in [3.8, 4) is 0 Å². The topological polar surface area (TPSA) is 72.2 Å². The van der Waals surface area contributed by atoms with Crippen molar-refractivity contribution in [1.82, 2.24) is 0 Å². The summed E-state index contributed by atoms with van der Waals surface area (Å²) in [5, 5.41) is 13.6. The van der Waals surface area contributed by atoms with Crippen LogP contribution in [-0.2, 0) is 5.88 Å². The van der Waals surface area contributed by atoms with E-state index >= 15 is 0 Å². The number of nitro benzene ring substituents is 1. The quantitative estimate of drug-likeness (QED) is 0.529. The molecule has 0 aliphatic carbocycles. The number of nitro groups is 1. The molecule has 1 N–H and O–H groups in total. The number of amides is 1. The van der Waals surface area contributed by atoms with E-state index in [0.717, 1.165) is 5.56 Å². The number of hydrogen-bond donors (Lipinski definition) is 1. The average Bonchev–Trinajstić information content (AvgIpc) is 2.47. The highest BCUT2D eigenvalue weighted by molar-refractivity contribution is 6.17. The van der Waals surface area contributed by atoms with Gasteiger partial charge < -0.3 is 5.32 Å². The Morgan fingerprint density at radius 3 is 2.48 bits per heavy atom. The summed E-state index contributed by atoms with van der Waals surface area (Å²) in [5.41, 5.74) is 2.11. The number of alkyl halides is 1. The number of carbonyl (C=O) groups excluding carboxylic acids is 1. The van der Waals surface area contributed by atoms with Crippen LogP contribution >= 0.6 is 11.6 Å². The molecule has 6 heteroatoms. The molecular weight excluding hydrogens is 292 g/mol. The Kier molecular flexibility index (Phi) is 4.55. The smallest absolute Gasteiger partial charge is 0.273 e. The largest absolute Gasteiger partial charge is 0.322 e. The van der Waals surface area contributed by atoms with Gasteiger partial charge in [0.05, 0.1) is 4.92 Å². The molecular formula is C15H13ClN2O3. The lowest BCUT2D eigenvalue weighted by atomic mass is 10.1. The Morgan fingerprint density at radius 1 is 1.24 bits per heavy atom. The zero-order chi connectivity index (χ0) is 15.4. The Balaban J connectivity index is 2.24. The highest BCUT2D eigenvalue weighted by atomic mass is 35.5. The predicted octanol–water partition coefficient (Wildman–Crippen LogP) is 3.89. The minimum Gasteiger partial charge on any atom is -0.322 e. The zero-order valence-electron chi connectivity index (χ0n) is 11.3. The van der Waals surface area contributed by atoms with Crippen molar-refractivity contribution in [3.63, 3.8) is 0 Å². The third kappa shape index (κ3) is 3.38. The molecule has 0 fully saturated rings. The first-order chi connectivity index (χ1) is 10.0. The fraction of sp³-hybridized carbons (Fsp3) is 0.133. The van der Waals surface area contributed by atoms with Crippen molar-refractivity contribution >= 4 is 28.9 Å². The minimum atomic E-state index is -0.499. The molecule has 108 valence electrons. The van der Waals surface area contributed by atoms with Gasteiger partial charge in [0.15, 0.2) is 0 Å². The number of hydrogen-bond acceptors (Lipinski definition) is 3. The lowest BCUT2D eigenvalue weighted by Crippen LogP contribution is -2.14. The van der Waals surface area contributed by atoms with Gasteiger partial charge in [-0.3, -0.25) is 14.9 Å². The van der Waals surface area contributed by atoms with Crippen LogP contribution in [0.4, 0.5) is 11.4 Å². The van der Waals surface area contributed by atoms with Crippen molar-refractivity contribution in [1.29, 1.82) is 0 Å². The first kappa shape index (κ1) is 15.0. The van der Waals surface area contributed by atoms with E-state index in [1.54, 1.807) is 25.1 Å². The number of carbonyl (C=O) groups is 1. The molecule has 0 saturated heterocycles. The second-order valence-corrected chi connectivity index (χ2v) is 4.76. The molecule has 5 nitrogen and oxygen atoms in total. The van der Waals surface area contributed by atoms with Crippen molar-refractivity contribution in [2.75, 3.05) is 5.32 Å². The van der Waals surface area contributed by atoms with Crippen LogP contribution in [0.25, 0.3) is 0 Å². The van der Waals surface area contributed by atoms with Gasteiger partial charge in [-0.2, -0.15) is 0 Å². The maximum atomic E-state index is 12.2. The maximum Gasteiger partial charge on any atom is 0.273 e. The van der Waals surface area contributed by atoms with E-state index in [2.05, 4.69) is 5.32 Å². The van der Waals surface area contributed by atoms with E-state index in [1.807, 2.05) is 12.1 Å². The number of anilines is 1. The minimum absolute atomic E-state index is 0.0693. The molecule has 0 aliphatic heterocycles. The predicted molar refractivity (Wildman–Crippen MR) is 81.8 cm³/mol. The molecule has 1 amide bonds. The molecule has 21 heavy (non-hydrogen) atoms. The molecule has 0 saturated carbocycles. The van der Waals surface area contributed by atoms with Crippen molar-refractivity contribution < 1.29 is 9.72 Å². The van der Waals surface area contributed by atoms with Crippen LogP contribution in [0.15, 0.2) is 42.5 Å². The van der Waals surface area contributed by atoms with Gasteiger partial charge in [-0.15, -0.1) is 11.6 Å². The normalized spacial score (nSPS) is 10.2. The summed E-state index contributed by atoms with van der Waals surface area (Å²) < 4.78 is 0. The first-order valence-electron chi connectivity index (χ1n) is 6.23. The van der Waals surface area contributed by atoms with Gasteiger partial charge in [-0.1, -0.05) is 18.2 Å². The van der Waals surface area contributed by atoms with Gasteiger partial charge in [-0.25, -0.2) is 0 Å². The van der Waals surface area contributed by atoms with Crippen LogP contribution in [0.1, 0.15) is 21.5 Å². The van der Waals surface area contributed by atoms with Crippen LogP contribution < -0.4 is 5.32 Å². The maximum absolute atomic E-state index is 12.2. The monoisotopic (exact) mass is 304 g/mol. The second-order valence-electron chi connectivity index (χ2n) is 4.49. The molecule has 0 unspecified atom stereocenters. The van der Waals surface area contributed by atoms with Gasteiger partial charge in [-0.05, 0) is 30.7 Å². The Hall–Kier alpha value is -2.40. The van der Waals surface area contributed by atoms with E-state index in [1.165, 1.54) is 12.1 Å². The molecule has 0 atom stereocenters. The zero-order valence-corrected chi connectivity index (χ0v) is 12.1. The Labute approximate surface area is 126 Å². The van der Waals surface area contributed by atoms with E-state index < -0.39 is 4.92 Å². The van der Waals surface area contributed by atoms with Crippen LogP contribution in [0.3, 0.4) is 0 Å². The van der Waals surface area contributed by atoms with Gasteiger partial charge >= 0.3 is 0 Å². The molecule has 0 bridgehead atoms. The van der Waals surface area contributed by atoms with Gasteiger partial charge in [0.25, 0.3) is 11.6 Å². The van der Waals surface area contributed by atoms with E-state index in [4.69, 9.17) is 11.6 Å². The summed E-state index contributed by atoms with van der Waals surface area (Å²) in [6.45, 7) is 1.56. The molecule has 2 aromatic carbocycles. The standard InChI is InChI=1S/C15H13ClN2O3/c1-10-13(3-2-4-14(10)18(20)21)15(19)17-12-7-5-11(9-16)6-8-12/h2-8H,9H2,1H3,(H,17,19). The Bertz CT molecular complexity index is 684. The van der Waals surface area contributed by atoms with E-state index in [9.17, 15) is 14.9 Å². The van der Waals surface area contributed by atoms with Crippen molar-refractivity contribution in [2.24, 2.45) is 0 Å². The molecule has 0 radical (unpaired) electrons. The summed E-state index contributed by atoms with van der Waals surface area (Å²) in [5.74, 6) is 0.0212. The van der Waals surface area contributed by atoms with E-state index in [0.29, 0.717) is 17.1 Å². The first-order valence-corrected chi connectivity index (χ1v) is 6.76. The molecule has 0 aliphatic rings. The number of halogens is 1. The van der Waals surface area contributed by atoms with Gasteiger partial charge in [0.2, 0.25) is 0 Å². The third-order valence-corrected chi connectivity index (χ3v) is 3.42. The van der Waals surface area contributed by atoms with Gasteiger partial charge in [0, 0.05) is 28.8 Å². The molecule has 2 aromatic rings.